The number of hydrogen-bond acceptors (Lipinski definition) is 4. The van der Waals surface area contributed by atoms with Gasteiger partial charge < -0.3 is 15.0 Å². The minimum atomic E-state index is 0. The number of halogens is 1. The zero-order chi connectivity index (χ0) is 12.4. The topological polar surface area (TPSA) is 41.6 Å². The predicted molar refractivity (Wildman–Crippen MR) is 76.1 cm³/mol. The van der Waals surface area contributed by atoms with E-state index in [4.69, 9.17) is 4.74 Å². The summed E-state index contributed by atoms with van der Waals surface area (Å²) in [6, 6.07) is 2.51. The van der Waals surface area contributed by atoms with Gasteiger partial charge in [-0.15, -0.1) is 23.7 Å². The standard InChI is InChI=1S/C12H18N2O2S.ClH/c1-8-5-14(6-9(2)13-8)12(15)11-4-10(16-3)7-17-11;/h4,7-9,13H,5-6H2,1-3H3;1H. The first kappa shape index (κ1) is 15.3. The third-order valence-corrected chi connectivity index (χ3v) is 3.76. The summed E-state index contributed by atoms with van der Waals surface area (Å²) in [5, 5.41) is 5.28. The van der Waals surface area contributed by atoms with Crippen molar-refractivity contribution in [2.24, 2.45) is 0 Å². The molecule has 2 unspecified atom stereocenters. The van der Waals surface area contributed by atoms with Crippen molar-refractivity contribution in [3.8, 4) is 5.75 Å². The van der Waals surface area contributed by atoms with Gasteiger partial charge in [-0.3, -0.25) is 4.79 Å². The summed E-state index contributed by atoms with van der Waals surface area (Å²) in [5.41, 5.74) is 0. The summed E-state index contributed by atoms with van der Waals surface area (Å²) in [6.07, 6.45) is 0. The zero-order valence-electron chi connectivity index (χ0n) is 10.8. The van der Waals surface area contributed by atoms with Crippen LogP contribution in [0.25, 0.3) is 0 Å². The number of nitrogens with zero attached hydrogens (tertiary/aromatic N) is 1. The van der Waals surface area contributed by atoms with Crippen LogP contribution in [0.2, 0.25) is 0 Å². The van der Waals surface area contributed by atoms with Gasteiger partial charge in [0.2, 0.25) is 0 Å². The van der Waals surface area contributed by atoms with Gasteiger partial charge in [0.05, 0.1) is 12.0 Å². The normalized spacial score (nSPS) is 23.4. The molecule has 2 rings (SSSR count). The quantitative estimate of drug-likeness (QED) is 0.906. The Morgan fingerprint density at radius 2 is 2.06 bits per heavy atom. The van der Waals surface area contributed by atoms with Crippen LogP contribution in [0.15, 0.2) is 11.4 Å². The summed E-state index contributed by atoms with van der Waals surface area (Å²) >= 11 is 1.44. The monoisotopic (exact) mass is 290 g/mol. The van der Waals surface area contributed by atoms with Gasteiger partial charge in [0.25, 0.3) is 5.91 Å². The van der Waals surface area contributed by atoms with E-state index in [0.717, 1.165) is 23.7 Å². The van der Waals surface area contributed by atoms with Crippen LogP contribution in [-0.2, 0) is 0 Å². The Hall–Kier alpha value is -0.780. The maximum absolute atomic E-state index is 12.3. The Morgan fingerprint density at radius 1 is 1.44 bits per heavy atom. The van der Waals surface area contributed by atoms with Crippen molar-refractivity contribution >= 4 is 29.7 Å². The second-order valence-electron chi connectivity index (χ2n) is 4.53. The Labute approximate surface area is 118 Å². The van der Waals surface area contributed by atoms with Crippen LogP contribution in [-0.4, -0.2) is 43.1 Å². The van der Waals surface area contributed by atoms with E-state index in [0.29, 0.717) is 12.1 Å². The van der Waals surface area contributed by atoms with Gasteiger partial charge in [-0.05, 0) is 13.8 Å². The molecule has 0 spiro atoms. The lowest BCUT2D eigenvalue weighted by atomic mass is 10.1. The Kier molecular flexibility index (Phi) is 5.44. The van der Waals surface area contributed by atoms with Gasteiger partial charge in [0.1, 0.15) is 5.75 Å². The van der Waals surface area contributed by atoms with E-state index >= 15 is 0 Å². The van der Waals surface area contributed by atoms with Crippen LogP contribution in [0.1, 0.15) is 23.5 Å². The lowest BCUT2D eigenvalue weighted by molar-refractivity contribution is 0.0678. The molecule has 0 saturated carbocycles. The summed E-state index contributed by atoms with van der Waals surface area (Å²) in [4.78, 5) is 14.9. The molecule has 18 heavy (non-hydrogen) atoms. The second kappa shape index (κ2) is 6.41. The molecular weight excluding hydrogens is 272 g/mol. The van der Waals surface area contributed by atoms with E-state index in [1.807, 2.05) is 16.3 Å². The highest BCUT2D eigenvalue weighted by Crippen LogP contribution is 2.23. The van der Waals surface area contributed by atoms with Crippen LogP contribution in [0.4, 0.5) is 0 Å². The fourth-order valence-corrected chi connectivity index (χ4v) is 3.01. The zero-order valence-corrected chi connectivity index (χ0v) is 12.4. The minimum Gasteiger partial charge on any atom is -0.496 e. The number of piperazine rings is 1. The van der Waals surface area contributed by atoms with E-state index in [9.17, 15) is 4.79 Å². The van der Waals surface area contributed by atoms with Crippen molar-refractivity contribution in [2.45, 2.75) is 25.9 Å². The number of carbonyl (C=O) groups excluding carboxylic acids is 1. The molecule has 6 heteroatoms. The van der Waals surface area contributed by atoms with Crippen molar-refractivity contribution in [3.05, 3.63) is 16.3 Å². The predicted octanol–water partition coefficient (Wildman–Crippen LogP) is 2.00. The first-order chi connectivity index (χ1) is 8.10. The van der Waals surface area contributed by atoms with Gasteiger partial charge >= 0.3 is 0 Å². The van der Waals surface area contributed by atoms with E-state index < -0.39 is 0 Å². The van der Waals surface area contributed by atoms with E-state index in [1.165, 1.54) is 11.3 Å². The van der Waals surface area contributed by atoms with Crippen LogP contribution >= 0.6 is 23.7 Å². The third kappa shape index (κ3) is 3.37. The van der Waals surface area contributed by atoms with Gasteiger partial charge in [0.15, 0.2) is 0 Å². The van der Waals surface area contributed by atoms with E-state index in [2.05, 4.69) is 19.2 Å². The largest absolute Gasteiger partial charge is 0.496 e. The molecule has 1 aromatic heterocycles. The second-order valence-corrected chi connectivity index (χ2v) is 5.44. The van der Waals surface area contributed by atoms with Crippen LogP contribution < -0.4 is 10.1 Å². The first-order valence-corrected chi connectivity index (χ1v) is 6.66. The first-order valence-electron chi connectivity index (χ1n) is 5.78. The van der Waals surface area contributed by atoms with Crippen LogP contribution in [0.5, 0.6) is 5.75 Å². The van der Waals surface area contributed by atoms with Crippen molar-refractivity contribution in [1.29, 1.82) is 0 Å². The average Bonchev–Trinajstić information content (AvgIpc) is 2.75. The molecule has 1 aliphatic heterocycles. The molecule has 0 aliphatic carbocycles. The molecule has 2 heterocycles. The highest BCUT2D eigenvalue weighted by Gasteiger charge is 2.26. The van der Waals surface area contributed by atoms with Gasteiger partial charge in [-0.25, -0.2) is 0 Å². The van der Waals surface area contributed by atoms with Crippen molar-refractivity contribution < 1.29 is 9.53 Å². The Bertz CT molecular complexity index is 401. The van der Waals surface area contributed by atoms with Gasteiger partial charge in [0, 0.05) is 36.6 Å². The highest BCUT2D eigenvalue weighted by molar-refractivity contribution is 7.12. The summed E-state index contributed by atoms with van der Waals surface area (Å²) < 4.78 is 5.10. The molecule has 0 aromatic carbocycles. The molecule has 0 bridgehead atoms. The SMILES string of the molecule is COc1csc(C(=O)N2CC(C)NC(C)C2)c1.Cl. The van der Waals surface area contributed by atoms with Crippen LogP contribution in [0, 0.1) is 0 Å². The Balaban J connectivity index is 0.00000162. The molecule has 1 aliphatic rings. The summed E-state index contributed by atoms with van der Waals surface area (Å²) in [5.74, 6) is 0.869. The number of nitrogens with one attached hydrogen (secondary N) is 1. The third-order valence-electron chi connectivity index (χ3n) is 2.87. The number of hydrogen-bond donors (Lipinski definition) is 1. The average molecular weight is 291 g/mol. The molecule has 1 fully saturated rings. The van der Waals surface area contributed by atoms with Crippen LogP contribution in [0.3, 0.4) is 0 Å². The number of ether oxygens (including phenoxy) is 1. The smallest absolute Gasteiger partial charge is 0.264 e. The molecule has 102 valence electrons. The molecule has 1 saturated heterocycles. The van der Waals surface area contributed by atoms with Crippen molar-refractivity contribution in [1.82, 2.24) is 10.2 Å². The maximum atomic E-state index is 12.3. The Morgan fingerprint density at radius 3 is 2.56 bits per heavy atom. The van der Waals surface area contributed by atoms with Crippen molar-refractivity contribution in [2.75, 3.05) is 20.2 Å². The van der Waals surface area contributed by atoms with Crippen molar-refractivity contribution in [3.63, 3.8) is 0 Å². The molecule has 1 N–H and O–H groups in total. The minimum absolute atomic E-state index is 0. The van der Waals surface area contributed by atoms with Gasteiger partial charge in [-0.1, -0.05) is 0 Å². The molecule has 2 atom stereocenters. The molecular formula is C12H19ClN2O2S. The lowest BCUT2D eigenvalue weighted by Gasteiger charge is -2.35. The highest BCUT2D eigenvalue weighted by atomic mass is 35.5. The number of thiophene rings is 1. The summed E-state index contributed by atoms with van der Waals surface area (Å²) in [7, 11) is 1.62. The fourth-order valence-electron chi connectivity index (χ4n) is 2.19. The molecule has 1 aromatic rings. The molecule has 4 nitrogen and oxygen atoms in total. The van der Waals surface area contributed by atoms with E-state index in [1.54, 1.807) is 7.11 Å². The summed E-state index contributed by atoms with van der Waals surface area (Å²) in [6.45, 7) is 5.74. The van der Waals surface area contributed by atoms with Gasteiger partial charge in [-0.2, -0.15) is 0 Å². The molecule has 0 radical (unpaired) electrons. The number of rotatable bonds is 2. The lowest BCUT2D eigenvalue weighted by Crippen LogP contribution is -2.55. The number of methoxy groups -OCH3 is 1. The number of carbonyl (C=O) groups is 1. The number of amides is 1. The molecule has 1 amide bonds. The maximum Gasteiger partial charge on any atom is 0.264 e. The fraction of sp³-hybridized carbons (Fsp3) is 0.583. The van der Waals surface area contributed by atoms with E-state index in [-0.39, 0.29) is 18.3 Å².